The van der Waals surface area contributed by atoms with E-state index in [1.165, 1.54) is 5.56 Å². The van der Waals surface area contributed by atoms with E-state index in [0.29, 0.717) is 5.92 Å². The topological polar surface area (TPSA) is 52.7 Å². The third-order valence-corrected chi connectivity index (χ3v) is 6.12. The van der Waals surface area contributed by atoms with Gasteiger partial charge in [0.1, 0.15) is 0 Å². The van der Waals surface area contributed by atoms with E-state index >= 15 is 0 Å². The van der Waals surface area contributed by atoms with Gasteiger partial charge in [-0.15, -0.1) is 0 Å². The number of amides is 2. The Hall–Kier alpha value is -2.66. The lowest BCUT2D eigenvalue weighted by molar-refractivity contribution is -0.134. The zero-order chi connectivity index (χ0) is 20.2. The highest BCUT2D eigenvalue weighted by Crippen LogP contribution is 2.35. The molecule has 0 spiro atoms. The molecular formula is C24H29N3O2. The first-order valence-electron chi connectivity index (χ1n) is 10.5. The molecule has 4 rings (SSSR count). The van der Waals surface area contributed by atoms with Crippen molar-refractivity contribution in [1.82, 2.24) is 9.80 Å². The average Bonchev–Trinajstić information content (AvgIpc) is 3.04. The highest BCUT2D eigenvalue weighted by molar-refractivity contribution is 6.04. The van der Waals surface area contributed by atoms with Crippen LogP contribution in [0.25, 0.3) is 0 Å². The predicted molar refractivity (Wildman–Crippen MR) is 115 cm³/mol. The number of hydrogen-bond donors (Lipinski definition) is 1. The molecule has 1 N–H and O–H groups in total. The summed E-state index contributed by atoms with van der Waals surface area (Å²) in [6.07, 6.45) is 2.32. The Kier molecular flexibility index (Phi) is 5.95. The SMILES string of the molecule is CN(Cc1ccccc1)CC1CCN(C(=O)CC2C(=O)Nc3ccccc32)CC1. The van der Waals surface area contributed by atoms with Gasteiger partial charge in [-0.3, -0.25) is 9.59 Å². The largest absolute Gasteiger partial charge is 0.343 e. The van der Waals surface area contributed by atoms with Crippen molar-refractivity contribution in [1.29, 1.82) is 0 Å². The number of nitrogens with zero attached hydrogens (tertiary/aromatic N) is 2. The van der Waals surface area contributed by atoms with Crippen LogP contribution in [0.15, 0.2) is 54.6 Å². The van der Waals surface area contributed by atoms with Crippen molar-refractivity contribution < 1.29 is 9.59 Å². The second-order valence-electron chi connectivity index (χ2n) is 8.34. The summed E-state index contributed by atoms with van der Waals surface area (Å²) in [7, 11) is 2.17. The van der Waals surface area contributed by atoms with Crippen LogP contribution in [-0.4, -0.2) is 48.3 Å². The second-order valence-corrected chi connectivity index (χ2v) is 8.34. The van der Waals surface area contributed by atoms with Gasteiger partial charge >= 0.3 is 0 Å². The number of rotatable bonds is 6. The van der Waals surface area contributed by atoms with Gasteiger partial charge in [0, 0.05) is 38.3 Å². The van der Waals surface area contributed by atoms with E-state index < -0.39 is 0 Å². The molecule has 1 atom stereocenters. The van der Waals surface area contributed by atoms with Gasteiger partial charge in [0.2, 0.25) is 11.8 Å². The van der Waals surface area contributed by atoms with Gasteiger partial charge in [-0.2, -0.15) is 0 Å². The Morgan fingerprint density at radius 1 is 1.07 bits per heavy atom. The molecule has 0 bridgehead atoms. The van der Waals surface area contributed by atoms with E-state index in [1.54, 1.807) is 0 Å². The standard InChI is InChI=1S/C24H29N3O2/c1-26(16-18-7-3-2-4-8-18)17-19-11-13-27(14-12-19)23(28)15-21-20-9-5-6-10-22(20)25-24(21)29/h2-10,19,21H,11-17H2,1H3,(H,25,29). The molecule has 0 saturated carbocycles. The van der Waals surface area contributed by atoms with E-state index in [9.17, 15) is 9.59 Å². The van der Waals surface area contributed by atoms with Crippen molar-refractivity contribution in [2.75, 3.05) is 32.0 Å². The highest BCUT2D eigenvalue weighted by atomic mass is 16.2. The Labute approximate surface area is 172 Å². The number of carbonyl (C=O) groups excluding carboxylic acids is 2. The summed E-state index contributed by atoms with van der Waals surface area (Å²) in [6, 6.07) is 18.2. The third-order valence-electron chi connectivity index (χ3n) is 6.12. The minimum Gasteiger partial charge on any atom is -0.343 e. The summed E-state index contributed by atoms with van der Waals surface area (Å²) in [5, 5.41) is 2.89. The van der Waals surface area contributed by atoms with Gasteiger partial charge < -0.3 is 15.1 Å². The number of carbonyl (C=O) groups is 2. The zero-order valence-electron chi connectivity index (χ0n) is 17.0. The molecule has 2 amide bonds. The maximum atomic E-state index is 12.8. The molecule has 29 heavy (non-hydrogen) atoms. The lowest BCUT2D eigenvalue weighted by Crippen LogP contribution is -2.41. The lowest BCUT2D eigenvalue weighted by Gasteiger charge is -2.34. The minimum absolute atomic E-state index is 0.0584. The molecule has 1 saturated heterocycles. The van der Waals surface area contributed by atoms with Crippen LogP contribution in [0.3, 0.4) is 0 Å². The van der Waals surface area contributed by atoms with Crippen LogP contribution in [0.4, 0.5) is 5.69 Å². The molecule has 0 aliphatic carbocycles. The second kappa shape index (κ2) is 8.78. The van der Waals surface area contributed by atoms with Crippen LogP contribution >= 0.6 is 0 Å². The maximum Gasteiger partial charge on any atom is 0.232 e. The summed E-state index contributed by atoms with van der Waals surface area (Å²) in [5.74, 6) is 0.298. The molecule has 2 heterocycles. The molecule has 5 heteroatoms. The number of fused-ring (bicyclic) bond motifs is 1. The van der Waals surface area contributed by atoms with Gasteiger partial charge in [-0.05, 0) is 43.0 Å². The Bertz CT molecular complexity index is 859. The van der Waals surface area contributed by atoms with Crippen molar-refractivity contribution in [3.05, 3.63) is 65.7 Å². The number of nitrogens with one attached hydrogen (secondary N) is 1. The fourth-order valence-corrected chi connectivity index (χ4v) is 4.55. The lowest BCUT2D eigenvalue weighted by atomic mass is 9.93. The van der Waals surface area contributed by atoms with E-state index in [1.807, 2.05) is 35.2 Å². The predicted octanol–water partition coefficient (Wildman–Crippen LogP) is 3.48. The molecule has 2 aliphatic rings. The van der Waals surface area contributed by atoms with Crippen LogP contribution in [-0.2, 0) is 16.1 Å². The number of piperidine rings is 1. The van der Waals surface area contributed by atoms with Gasteiger partial charge in [-0.25, -0.2) is 0 Å². The molecule has 1 unspecified atom stereocenters. The molecule has 0 radical (unpaired) electrons. The van der Waals surface area contributed by atoms with Crippen molar-refractivity contribution >= 4 is 17.5 Å². The molecule has 2 aromatic rings. The number of para-hydroxylation sites is 1. The first-order valence-corrected chi connectivity index (χ1v) is 10.5. The van der Waals surface area contributed by atoms with Crippen molar-refractivity contribution in [2.45, 2.75) is 31.7 Å². The average molecular weight is 392 g/mol. The molecule has 2 aliphatic heterocycles. The summed E-state index contributed by atoms with van der Waals surface area (Å²) in [6.45, 7) is 3.59. The third kappa shape index (κ3) is 4.67. The summed E-state index contributed by atoms with van der Waals surface area (Å²) in [4.78, 5) is 29.4. The van der Waals surface area contributed by atoms with Gasteiger partial charge in [0.25, 0.3) is 0 Å². The summed E-state index contributed by atoms with van der Waals surface area (Å²) in [5.41, 5.74) is 3.12. The number of anilines is 1. The number of likely N-dealkylation sites (tertiary alicyclic amines) is 1. The number of benzene rings is 2. The van der Waals surface area contributed by atoms with E-state index in [-0.39, 0.29) is 24.2 Å². The first-order chi connectivity index (χ1) is 14.1. The van der Waals surface area contributed by atoms with Crippen LogP contribution in [0.5, 0.6) is 0 Å². The summed E-state index contributed by atoms with van der Waals surface area (Å²) >= 11 is 0. The van der Waals surface area contributed by atoms with Crippen molar-refractivity contribution in [3.63, 3.8) is 0 Å². The van der Waals surface area contributed by atoms with Gasteiger partial charge in [-0.1, -0.05) is 48.5 Å². The van der Waals surface area contributed by atoms with Crippen molar-refractivity contribution in [2.24, 2.45) is 5.92 Å². The fraction of sp³-hybridized carbons (Fsp3) is 0.417. The molecule has 1 fully saturated rings. The van der Waals surface area contributed by atoms with E-state index in [0.717, 1.165) is 50.3 Å². The minimum atomic E-state index is -0.353. The van der Waals surface area contributed by atoms with Crippen molar-refractivity contribution in [3.8, 4) is 0 Å². The quantitative estimate of drug-likeness (QED) is 0.820. The van der Waals surface area contributed by atoms with Crippen LogP contribution < -0.4 is 5.32 Å². The van der Waals surface area contributed by atoms with Gasteiger partial charge in [0.05, 0.1) is 5.92 Å². The highest BCUT2D eigenvalue weighted by Gasteiger charge is 2.34. The number of hydrogen-bond acceptors (Lipinski definition) is 3. The molecule has 2 aromatic carbocycles. The molecule has 152 valence electrons. The molecular weight excluding hydrogens is 362 g/mol. The Balaban J connectivity index is 1.25. The fourth-order valence-electron chi connectivity index (χ4n) is 4.55. The van der Waals surface area contributed by atoms with Crippen LogP contribution in [0, 0.1) is 5.92 Å². The normalized spacial score (nSPS) is 19.3. The summed E-state index contributed by atoms with van der Waals surface area (Å²) < 4.78 is 0. The van der Waals surface area contributed by atoms with Crippen LogP contribution in [0.1, 0.15) is 36.3 Å². The molecule has 0 aromatic heterocycles. The van der Waals surface area contributed by atoms with Gasteiger partial charge in [0.15, 0.2) is 0 Å². The maximum absolute atomic E-state index is 12.8. The smallest absolute Gasteiger partial charge is 0.232 e. The monoisotopic (exact) mass is 391 g/mol. The Morgan fingerprint density at radius 2 is 1.76 bits per heavy atom. The first kappa shape index (κ1) is 19.6. The Morgan fingerprint density at radius 3 is 2.52 bits per heavy atom. The van der Waals surface area contributed by atoms with Crippen LogP contribution in [0.2, 0.25) is 0 Å². The molecule has 5 nitrogen and oxygen atoms in total. The van der Waals surface area contributed by atoms with E-state index in [4.69, 9.17) is 0 Å². The van der Waals surface area contributed by atoms with E-state index in [2.05, 4.69) is 41.5 Å². The zero-order valence-corrected chi connectivity index (χ0v) is 17.0.